The molecule has 0 bridgehead atoms. The molecule has 0 saturated carbocycles. The van der Waals surface area contributed by atoms with E-state index in [0.29, 0.717) is 37.6 Å². The molecule has 152 valence electrons. The number of hydrogen-bond donors (Lipinski definition) is 0. The molecule has 2 heterocycles. The lowest BCUT2D eigenvalue weighted by molar-refractivity contribution is -0.123. The quantitative estimate of drug-likeness (QED) is 0.629. The fraction of sp³-hybridized carbons (Fsp3) is 0.250. The Bertz CT molecular complexity index is 1120. The predicted molar refractivity (Wildman–Crippen MR) is 115 cm³/mol. The maximum atomic E-state index is 14.1. The number of anilines is 2. The molecule has 6 heteroatoms. The maximum absolute atomic E-state index is 14.1. The first-order valence-electron chi connectivity index (χ1n) is 10.2. The number of carbonyl (C=O) groups excluding carboxylic acids is 2. The van der Waals surface area contributed by atoms with Crippen molar-refractivity contribution in [2.75, 3.05) is 36.0 Å². The Labute approximate surface area is 174 Å². The van der Waals surface area contributed by atoms with Gasteiger partial charge in [-0.05, 0) is 23.6 Å². The van der Waals surface area contributed by atoms with Gasteiger partial charge >= 0.3 is 0 Å². The topological polar surface area (TPSA) is 43.9 Å². The molecular formula is C24H22FN3O2. The van der Waals surface area contributed by atoms with Crippen LogP contribution in [0, 0.1) is 5.82 Å². The van der Waals surface area contributed by atoms with Crippen molar-refractivity contribution in [3.63, 3.8) is 0 Å². The van der Waals surface area contributed by atoms with Crippen molar-refractivity contribution in [2.45, 2.75) is 12.5 Å². The Morgan fingerprint density at radius 3 is 2.23 bits per heavy atom. The number of halogens is 1. The smallest absolute Gasteiger partial charge is 0.251 e. The average molecular weight is 403 g/mol. The summed E-state index contributed by atoms with van der Waals surface area (Å²) in [5.41, 5.74) is 1.24. The second-order valence-corrected chi connectivity index (χ2v) is 7.76. The highest BCUT2D eigenvalue weighted by Gasteiger charge is 2.43. The third-order valence-corrected chi connectivity index (χ3v) is 6.08. The number of para-hydroxylation sites is 1. The molecule has 1 atom stereocenters. The minimum absolute atomic E-state index is 0.169. The zero-order valence-corrected chi connectivity index (χ0v) is 16.5. The van der Waals surface area contributed by atoms with E-state index in [-0.39, 0.29) is 24.1 Å². The van der Waals surface area contributed by atoms with Crippen LogP contribution in [-0.2, 0) is 9.59 Å². The first-order valence-corrected chi connectivity index (χ1v) is 10.2. The van der Waals surface area contributed by atoms with Gasteiger partial charge in [0, 0.05) is 31.6 Å². The van der Waals surface area contributed by atoms with Crippen molar-refractivity contribution in [3.8, 4) is 0 Å². The van der Waals surface area contributed by atoms with Crippen LogP contribution < -0.4 is 9.80 Å². The van der Waals surface area contributed by atoms with Crippen molar-refractivity contribution < 1.29 is 14.0 Å². The molecule has 2 saturated heterocycles. The monoisotopic (exact) mass is 403 g/mol. The Balaban J connectivity index is 1.35. The number of rotatable bonds is 3. The van der Waals surface area contributed by atoms with Gasteiger partial charge in [-0.2, -0.15) is 0 Å². The predicted octanol–water partition coefficient (Wildman–Crippen LogP) is 3.43. The first kappa shape index (κ1) is 18.8. The van der Waals surface area contributed by atoms with E-state index in [9.17, 15) is 14.0 Å². The number of nitrogens with zero attached hydrogens (tertiary/aromatic N) is 3. The summed E-state index contributed by atoms with van der Waals surface area (Å²) in [6, 6.07) is 19.7. The van der Waals surface area contributed by atoms with Gasteiger partial charge in [-0.15, -0.1) is 0 Å². The molecule has 0 spiro atoms. The van der Waals surface area contributed by atoms with E-state index in [1.807, 2.05) is 53.4 Å². The molecule has 3 aromatic carbocycles. The van der Waals surface area contributed by atoms with Crippen LogP contribution in [0.5, 0.6) is 0 Å². The summed E-state index contributed by atoms with van der Waals surface area (Å²) >= 11 is 0. The Kier molecular flexibility index (Phi) is 4.71. The second kappa shape index (κ2) is 7.54. The van der Waals surface area contributed by atoms with E-state index in [4.69, 9.17) is 0 Å². The fourth-order valence-corrected chi connectivity index (χ4v) is 4.54. The molecule has 2 amide bonds. The number of hydrogen-bond acceptors (Lipinski definition) is 4. The molecule has 2 aliphatic heterocycles. The van der Waals surface area contributed by atoms with Crippen LogP contribution >= 0.6 is 0 Å². The van der Waals surface area contributed by atoms with Gasteiger partial charge in [-0.3, -0.25) is 14.5 Å². The molecule has 30 heavy (non-hydrogen) atoms. The van der Waals surface area contributed by atoms with Crippen LogP contribution in [0.15, 0.2) is 66.7 Å². The minimum atomic E-state index is -0.459. The number of piperazine rings is 1. The van der Waals surface area contributed by atoms with Gasteiger partial charge < -0.3 is 4.90 Å². The third-order valence-electron chi connectivity index (χ3n) is 6.08. The number of benzene rings is 3. The molecule has 3 aromatic rings. The molecule has 1 unspecified atom stereocenters. The second-order valence-electron chi connectivity index (χ2n) is 7.76. The lowest BCUT2D eigenvalue weighted by Gasteiger charge is -2.38. The van der Waals surface area contributed by atoms with Crippen molar-refractivity contribution in [1.29, 1.82) is 0 Å². The van der Waals surface area contributed by atoms with Crippen LogP contribution in [0.2, 0.25) is 0 Å². The summed E-state index contributed by atoms with van der Waals surface area (Å²) in [6.45, 7) is 2.46. The molecule has 5 rings (SSSR count). The first-order chi connectivity index (χ1) is 14.6. The average Bonchev–Trinajstić information content (AvgIpc) is 3.07. The Hall–Kier alpha value is -3.25. The Morgan fingerprint density at radius 2 is 1.43 bits per heavy atom. The van der Waals surface area contributed by atoms with Crippen molar-refractivity contribution >= 4 is 34.0 Å². The zero-order chi connectivity index (χ0) is 20.7. The molecule has 5 nitrogen and oxygen atoms in total. The lowest BCUT2D eigenvalue weighted by atomic mass is 10.1. The van der Waals surface area contributed by atoms with Gasteiger partial charge in [-0.1, -0.05) is 48.5 Å². The largest absolute Gasteiger partial charge is 0.367 e. The van der Waals surface area contributed by atoms with Crippen molar-refractivity contribution in [1.82, 2.24) is 4.90 Å². The van der Waals surface area contributed by atoms with Gasteiger partial charge in [0.05, 0.1) is 23.8 Å². The highest BCUT2D eigenvalue weighted by Crippen LogP contribution is 2.32. The summed E-state index contributed by atoms with van der Waals surface area (Å²) in [4.78, 5) is 31.5. The minimum Gasteiger partial charge on any atom is -0.367 e. The van der Waals surface area contributed by atoms with Gasteiger partial charge in [-0.25, -0.2) is 9.29 Å². The van der Waals surface area contributed by atoms with E-state index in [2.05, 4.69) is 4.90 Å². The van der Waals surface area contributed by atoms with E-state index in [1.165, 1.54) is 11.0 Å². The summed E-state index contributed by atoms with van der Waals surface area (Å²) in [5, 5.41) is 1.89. The summed E-state index contributed by atoms with van der Waals surface area (Å²) in [7, 11) is 0. The van der Waals surface area contributed by atoms with Gasteiger partial charge in [0.2, 0.25) is 5.91 Å². The Morgan fingerprint density at radius 1 is 0.767 bits per heavy atom. The van der Waals surface area contributed by atoms with E-state index in [0.717, 1.165) is 10.8 Å². The van der Waals surface area contributed by atoms with Crippen LogP contribution in [0.3, 0.4) is 0 Å². The number of imide groups is 1. The van der Waals surface area contributed by atoms with Crippen molar-refractivity contribution in [3.05, 3.63) is 72.5 Å². The highest BCUT2D eigenvalue weighted by atomic mass is 19.1. The summed E-state index contributed by atoms with van der Waals surface area (Å²) in [6.07, 6.45) is 0.182. The molecule has 0 aliphatic carbocycles. The van der Waals surface area contributed by atoms with Gasteiger partial charge in [0.1, 0.15) is 5.82 Å². The van der Waals surface area contributed by atoms with Crippen molar-refractivity contribution in [2.24, 2.45) is 0 Å². The maximum Gasteiger partial charge on any atom is 0.251 e. The van der Waals surface area contributed by atoms with Crippen LogP contribution in [-0.4, -0.2) is 48.9 Å². The molecule has 2 fully saturated rings. The van der Waals surface area contributed by atoms with E-state index in [1.54, 1.807) is 12.1 Å². The van der Waals surface area contributed by atoms with E-state index < -0.39 is 6.04 Å². The van der Waals surface area contributed by atoms with Crippen LogP contribution in [0.4, 0.5) is 15.8 Å². The summed E-state index contributed by atoms with van der Waals surface area (Å²) < 4.78 is 14.1. The van der Waals surface area contributed by atoms with Crippen LogP contribution in [0.1, 0.15) is 6.42 Å². The standard InChI is InChI=1S/C24H22FN3O2/c25-19-9-3-4-10-21(19)26-12-14-27(15-13-26)22-16-23(29)28(24(22)30)20-11-5-7-17-6-1-2-8-18(17)20/h1-11,22H,12-16H2. The van der Waals surface area contributed by atoms with Crippen LogP contribution in [0.25, 0.3) is 10.8 Å². The van der Waals surface area contributed by atoms with E-state index >= 15 is 0 Å². The van der Waals surface area contributed by atoms with Gasteiger partial charge in [0.25, 0.3) is 5.91 Å². The SMILES string of the molecule is O=C1CC(N2CCN(c3ccccc3F)CC2)C(=O)N1c1cccc2ccccc12. The molecule has 0 N–H and O–H groups in total. The van der Waals surface area contributed by atoms with Gasteiger partial charge in [0.15, 0.2) is 0 Å². The molecule has 2 aliphatic rings. The molecule has 0 radical (unpaired) electrons. The molecule has 0 aromatic heterocycles. The number of amides is 2. The lowest BCUT2D eigenvalue weighted by Crippen LogP contribution is -2.52. The normalized spacial score (nSPS) is 20.4. The molecular weight excluding hydrogens is 381 g/mol. The number of carbonyl (C=O) groups is 2. The number of fused-ring (bicyclic) bond motifs is 1. The summed E-state index contributed by atoms with van der Waals surface area (Å²) in [5.74, 6) is -0.575. The third kappa shape index (κ3) is 3.13. The zero-order valence-electron chi connectivity index (χ0n) is 16.5. The highest BCUT2D eigenvalue weighted by molar-refractivity contribution is 6.25. The fourth-order valence-electron chi connectivity index (χ4n) is 4.54.